The average Bonchev–Trinajstić information content (AvgIpc) is 2.72. The van der Waals surface area contributed by atoms with Crippen molar-refractivity contribution in [3.8, 4) is 0 Å². The van der Waals surface area contributed by atoms with Gasteiger partial charge in [0, 0.05) is 0 Å². The Kier molecular flexibility index (Phi) is 8.68. The van der Waals surface area contributed by atoms with E-state index in [9.17, 15) is 4.39 Å². The predicted molar refractivity (Wildman–Crippen MR) is 114 cm³/mol. The Hall–Kier alpha value is -0.850. The van der Waals surface area contributed by atoms with Gasteiger partial charge < -0.3 is 0 Å². The summed E-state index contributed by atoms with van der Waals surface area (Å²) in [6, 6.07) is 7.13. The topological polar surface area (TPSA) is 0 Å². The van der Waals surface area contributed by atoms with Crippen LogP contribution in [0.1, 0.15) is 102 Å². The molecule has 0 aliphatic heterocycles. The molecular weight excluding hydrogens is 331 g/mol. The molecule has 3 rings (SSSR count). The molecule has 0 aromatic heterocycles. The molecule has 152 valence electrons. The lowest BCUT2D eigenvalue weighted by Gasteiger charge is -2.38. The van der Waals surface area contributed by atoms with Crippen molar-refractivity contribution < 1.29 is 4.39 Å². The Labute approximate surface area is 167 Å². The lowest BCUT2D eigenvalue weighted by Crippen LogP contribution is -2.26. The second-order valence-electron chi connectivity index (χ2n) is 9.58. The lowest BCUT2D eigenvalue weighted by molar-refractivity contribution is 0.140. The molecule has 1 aromatic rings. The quantitative estimate of drug-likeness (QED) is 0.382. The summed E-state index contributed by atoms with van der Waals surface area (Å²) < 4.78 is 13.0. The number of benzene rings is 1. The molecule has 0 spiro atoms. The molecule has 0 radical (unpaired) electrons. The zero-order valence-corrected chi connectivity index (χ0v) is 17.6. The molecule has 1 aromatic carbocycles. The van der Waals surface area contributed by atoms with Crippen LogP contribution in [0.5, 0.6) is 0 Å². The summed E-state index contributed by atoms with van der Waals surface area (Å²) in [5.74, 6) is 3.89. The minimum atomic E-state index is -0.116. The second-order valence-corrected chi connectivity index (χ2v) is 9.58. The number of unbranched alkanes of at least 4 members (excludes halogenated alkanes) is 3. The first-order valence-corrected chi connectivity index (χ1v) is 12.0. The van der Waals surface area contributed by atoms with Gasteiger partial charge in [0.25, 0.3) is 0 Å². The number of hydrogen-bond donors (Lipinski definition) is 0. The smallest absolute Gasteiger partial charge is 0.123 e. The maximum Gasteiger partial charge on any atom is 0.123 e. The van der Waals surface area contributed by atoms with Crippen molar-refractivity contribution in [2.75, 3.05) is 0 Å². The zero-order valence-electron chi connectivity index (χ0n) is 17.6. The van der Waals surface area contributed by atoms with Gasteiger partial charge in [-0.05, 0) is 79.9 Å². The average molecular weight is 373 g/mol. The van der Waals surface area contributed by atoms with Gasteiger partial charge in [-0.2, -0.15) is 0 Å². The van der Waals surface area contributed by atoms with Gasteiger partial charge in [0.15, 0.2) is 0 Å². The molecule has 0 N–H and O–H groups in total. The number of aryl methyl sites for hydroxylation is 1. The fourth-order valence-corrected chi connectivity index (χ4v) is 5.78. The van der Waals surface area contributed by atoms with E-state index in [1.54, 1.807) is 12.1 Å². The van der Waals surface area contributed by atoms with Crippen LogP contribution in [0.15, 0.2) is 24.3 Å². The molecule has 0 unspecified atom stereocenters. The minimum Gasteiger partial charge on any atom is -0.207 e. The highest BCUT2D eigenvalue weighted by molar-refractivity contribution is 5.16. The van der Waals surface area contributed by atoms with E-state index in [1.807, 2.05) is 12.1 Å². The highest BCUT2D eigenvalue weighted by Crippen LogP contribution is 2.43. The van der Waals surface area contributed by atoms with Gasteiger partial charge in [0.1, 0.15) is 5.82 Å². The van der Waals surface area contributed by atoms with E-state index in [1.165, 1.54) is 95.5 Å². The van der Waals surface area contributed by atoms with Crippen molar-refractivity contribution in [2.45, 2.75) is 103 Å². The Morgan fingerprint density at radius 3 is 1.81 bits per heavy atom. The molecule has 0 heterocycles. The van der Waals surface area contributed by atoms with E-state index < -0.39 is 0 Å². The summed E-state index contributed by atoms with van der Waals surface area (Å²) in [6.07, 6.45) is 21.5. The van der Waals surface area contributed by atoms with Crippen molar-refractivity contribution in [3.63, 3.8) is 0 Å². The molecule has 0 nitrogen and oxygen atoms in total. The van der Waals surface area contributed by atoms with Gasteiger partial charge in [0.05, 0.1) is 0 Å². The summed E-state index contributed by atoms with van der Waals surface area (Å²) >= 11 is 0. The molecule has 0 amide bonds. The summed E-state index contributed by atoms with van der Waals surface area (Å²) in [5.41, 5.74) is 1.30. The van der Waals surface area contributed by atoms with Gasteiger partial charge in [0.2, 0.25) is 0 Å². The van der Waals surface area contributed by atoms with Crippen LogP contribution in [0.2, 0.25) is 0 Å². The van der Waals surface area contributed by atoms with Crippen LogP contribution in [-0.4, -0.2) is 0 Å². The molecule has 2 aliphatic carbocycles. The molecule has 0 bridgehead atoms. The summed E-state index contributed by atoms with van der Waals surface area (Å²) in [4.78, 5) is 0. The Balaban J connectivity index is 1.30. The standard InChI is InChI=1S/C26H41F/c1-2-3-4-5-6-21-9-15-24(16-10-21)25-17-11-22(12-18-25)7-8-23-13-19-26(27)20-14-23/h13-14,19-22,24-25H,2-12,15-18H2,1H3/t21-,22-,24-,25-. The monoisotopic (exact) mass is 372 g/mol. The van der Waals surface area contributed by atoms with Crippen LogP contribution in [0.3, 0.4) is 0 Å². The van der Waals surface area contributed by atoms with E-state index in [0.29, 0.717) is 0 Å². The summed E-state index contributed by atoms with van der Waals surface area (Å²) in [7, 11) is 0. The molecule has 0 saturated heterocycles. The van der Waals surface area contributed by atoms with Crippen LogP contribution in [0.4, 0.5) is 4.39 Å². The van der Waals surface area contributed by atoms with Gasteiger partial charge in [-0.25, -0.2) is 4.39 Å². The van der Waals surface area contributed by atoms with E-state index in [-0.39, 0.29) is 5.82 Å². The molecular formula is C26H41F. The van der Waals surface area contributed by atoms with Crippen LogP contribution in [0, 0.1) is 29.5 Å². The third kappa shape index (κ3) is 6.91. The number of halogens is 1. The van der Waals surface area contributed by atoms with Crippen LogP contribution < -0.4 is 0 Å². The highest BCUT2D eigenvalue weighted by Gasteiger charge is 2.30. The lowest BCUT2D eigenvalue weighted by atomic mass is 9.68. The van der Waals surface area contributed by atoms with Gasteiger partial charge in [-0.1, -0.05) is 76.8 Å². The van der Waals surface area contributed by atoms with Crippen LogP contribution in [0.25, 0.3) is 0 Å². The van der Waals surface area contributed by atoms with Crippen molar-refractivity contribution in [3.05, 3.63) is 35.6 Å². The van der Waals surface area contributed by atoms with Gasteiger partial charge >= 0.3 is 0 Å². The molecule has 27 heavy (non-hydrogen) atoms. The molecule has 2 saturated carbocycles. The summed E-state index contributed by atoms with van der Waals surface area (Å²) in [6.45, 7) is 2.31. The third-order valence-corrected chi connectivity index (χ3v) is 7.67. The predicted octanol–water partition coefficient (Wildman–Crippen LogP) is 8.34. The first-order valence-electron chi connectivity index (χ1n) is 12.0. The fourth-order valence-electron chi connectivity index (χ4n) is 5.78. The molecule has 2 fully saturated rings. The SMILES string of the molecule is CCCCCC[C@H]1CC[C@H]([C@H]2CC[C@H](CCc3ccc(F)cc3)CC2)CC1. The largest absolute Gasteiger partial charge is 0.207 e. The van der Waals surface area contributed by atoms with E-state index >= 15 is 0 Å². The van der Waals surface area contributed by atoms with Crippen LogP contribution in [-0.2, 0) is 6.42 Å². The fraction of sp³-hybridized carbons (Fsp3) is 0.769. The Morgan fingerprint density at radius 1 is 0.704 bits per heavy atom. The van der Waals surface area contributed by atoms with Gasteiger partial charge in [-0.15, -0.1) is 0 Å². The van der Waals surface area contributed by atoms with Crippen molar-refractivity contribution in [1.82, 2.24) is 0 Å². The second kappa shape index (κ2) is 11.2. The van der Waals surface area contributed by atoms with E-state index in [4.69, 9.17) is 0 Å². The Bertz CT molecular complexity index is 504. The maximum atomic E-state index is 13.0. The van der Waals surface area contributed by atoms with Gasteiger partial charge in [-0.3, -0.25) is 0 Å². The molecule has 0 atom stereocenters. The van der Waals surface area contributed by atoms with Crippen molar-refractivity contribution >= 4 is 0 Å². The van der Waals surface area contributed by atoms with Crippen molar-refractivity contribution in [1.29, 1.82) is 0 Å². The third-order valence-electron chi connectivity index (χ3n) is 7.67. The number of hydrogen-bond acceptors (Lipinski definition) is 0. The molecule has 1 heteroatoms. The molecule has 2 aliphatic rings. The first-order chi connectivity index (χ1) is 13.2. The highest BCUT2D eigenvalue weighted by atomic mass is 19.1. The first kappa shape index (κ1) is 20.9. The maximum absolute atomic E-state index is 13.0. The zero-order chi connectivity index (χ0) is 18.9. The summed E-state index contributed by atoms with van der Waals surface area (Å²) in [5, 5.41) is 0. The van der Waals surface area contributed by atoms with E-state index in [0.717, 1.165) is 30.1 Å². The Morgan fingerprint density at radius 2 is 1.26 bits per heavy atom. The van der Waals surface area contributed by atoms with Crippen molar-refractivity contribution in [2.24, 2.45) is 23.7 Å². The minimum absolute atomic E-state index is 0.116. The van der Waals surface area contributed by atoms with Crippen LogP contribution >= 0.6 is 0 Å². The van der Waals surface area contributed by atoms with E-state index in [2.05, 4.69) is 6.92 Å². The normalized spacial score (nSPS) is 29.0. The number of rotatable bonds is 9.